The molecule has 0 unspecified atom stereocenters. The highest BCUT2D eigenvalue weighted by atomic mass is 16.7. The number of methoxy groups -OCH3 is 1. The van der Waals surface area contributed by atoms with Gasteiger partial charge < -0.3 is 19.2 Å². The number of esters is 1. The smallest absolute Gasteiger partial charge is 0.342 e. The average molecular weight is 227 g/mol. The Morgan fingerprint density at radius 1 is 1.38 bits per heavy atom. The zero-order chi connectivity index (χ0) is 12.0. The van der Waals surface area contributed by atoms with Gasteiger partial charge in [-0.15, -0.1) is 0 Å². The van der Waals surface area contributed by atoms with E-state index in [-0.39, 0.29) is 12.8 Å². The van der Waals surface area contributed by atoms with Gasteiger partial charge in [-0.05, 0) is 19.4 Å². The van der Waals surface area contributed by atoms with Crippen molar-refractivity contribution in [3.05, 3.63) is 23.0 Å². The van der Waals surface area contributed by atoms with Gasteiger partial charge in [0.15, 0.2) is 6.79 Å². The molecule has 0 saturated heterocycles. The molecule has 1 aromatic rings. The lowest BCUT2D eigenvalue weighted by molar-refractivity contribution is -0.0436. The van der Waals surface area contributed by atoms with Crippen molar-refractivity contribution in [1.82, 2.24) is 4.98 Å². The Bertz CT molecular complexity index is 326. The number of ether oxygens (including phenoxy) is 3. The van der Waals surface area contributed by atoms with Crippen LogP contribution in [0.2, 0.25) is 0 Å². The fourth-order valence-corrected chi connectivity index (χ4v) is 1.34. The van der Waals surface area contributed by atoms with Crippen LogP contribution in [0.25, 0.3) is 0 Å². The Balaban J connectivity index is 2.36. The number of rotatable bonds is 6. The standard InChI is InChI=1S/C11H17NO4/c1-8-6-12-9(2)10(8)11(13)16-7-15-5-4-14-3/h6,12H,4-5,7H2,1-3H3. The predicted octanol–water partition coefficient (Wildman–Crippen LogP) is 1.41. The molecule has 1 rings (SSSR count). The summed E-state index contributed by atoms with van der Waals surface area (Å²) in [6.45, 7) is 4.53. The normalized spacial score (nSPS) is 10.4. The van der Waals surface area contributed by atoms with E-state index in [1.807, 2.05) is 13.8 Å². The third-order valence-corrected chi connectivity index (χ3v) is 2.18. The van der Waals surface area contributed by atoms with Gasteiger partial charge in [0.2, 0.25) is 0 Å². The Hall–Kier alpha value is -1.33. The third kappa shape index (κ3) is 3.36. The molecule has 0 fully saturated rings. The molecule has 0 aliphatic heterocycles. The largest absolute Gasteiger partial charge is 0.435 e. The molecule has 0 amide bonds. The summed E-state index contributed by atoms with van der Waals surface area (Å²) in [5.74, 6) is -0.367. The van der Waals surface area contributed by atoms with Crippen LogP contribution in [-0.2, 0) is 14.2 Å². The lowest BCUT2D eigenvalue weighted by atomic mass is 10.2. The number of nitrogens with one attached hydrogen (secondary N) is 1. The Morgan fingerprint density at radius 2 is 2.12 bits per heavy atom. The number of aromatic amines is 1. The highest BCUT2D eigenvalue weighted by molar-refractivity contribution is 5.92. The van der Waals surface area contributed by atoms with Gasteiger partial charge in [-0.1, -0.05) is 0 Å². The van der Waals surface area contributed by atoms with E-state index >= 15 is 0 Å². The van der Waals surface area contributed by atoms with Crippen molar-refractivity contribution in [1.29, 1.82) is 0 Å². The van der Waals surface area contributed by atoms with Crippen molar-refractivity contribution in [2.45, 2.75) is 13.8 Å². The zero-order valence-electron chi connectivity index (χ0n) is 9.83. The quantitative estimate of drug-likeness (QED) is 0.453. The lowest BCUT2D eigenvalue weighted by Crippen LogP contribution is -2.12. The summed E-state index contributed by atoms with van der Waals surface area (Å²) in [5.41, 5.74) is 2.26. The van der Waals surface area contributed by atoms with Gasteiger partial charge in [-0.3, -0.25) is 0 Å². The molecule has 0 atom stereocenters. The average Bonchev–Trinajstić information content (AvgIpc) is 2.58. The van der Waals surface area contributed by atoms with Gasteiger partial charge >= 0.3 is 5.97 Å². The van der Waals surface area contributed by atoms with Crippen molar-refractivity contribution in [3.8, 4) is 0 Å². The summed E-state index contributed by atoms with van der Waals surface area (Å²) in [6.07, 6.45) is 1.78. The fourth-order valence-electron chi connectivity index (χ4n) is 1.34. The molecule has 0 saturated carbocycles. The van der Waals surface area contributed by atoms with Crippen LogP contribution < -0.4 is 0 Å². The summed E-state index contributed by atoms with van der Waals surface area (Å²) in [6, 6.07) is 0. The molecule has 1 aromatic heterocycles. The number of hydrogen-bond donors (Lipinski definition) is 1. The number of carbonyl (C=O) groups excluding carboxylic acids is 1. The maximum atomic E-state index is 11.6. The Labute approximate surface area is 94.7 Å². The molecule has 16 heavy (non-hydrogen) atoms. The SMILES string of the molecule is COCCOCOC(=O)c1c(C)c[nH]c1C. The minimum atomic E-state index is -0.367. The molecule has 1 heterocycles. The summed E-state index contributed by atoms with van der Waals surface area (Å²) in [7, 11) is 1.59. The summed E-state index contributed by atoms with van der Waals surface area (Å²) < 4.78 is 14.8. The second kappa shape index (κ2) is 6.30. The van der Waals surface area contributed by atoms with Gasteiger partial charge in [-0.25, -0.2) is 4.79 Å². The molecule has 1 N–H and O–H groups in total. The first-order valence-electron chi connectivity index (χ1n) is 5.05. The molecule has 5 nitrogen and oxygen atoms in total. The van der Waals surface area contributed by atoms with Crippen LogP contribution in [0.1, 0.15) is 21.6 Å². The van der Waals surface area contributed by atoms with E-state index in [0.717, 1.165) is 11.3 Å². The van der Waals surface area contributed by atoms with Crippen molar-refractivity contribution in [3.63, 3.8) is 0 Å². The molecule has 90 valence electrons. The van der Waals surface area contributed by atoms with Crippen molar-refractivity contribution >= 4 is 5.97 Å². The third-order valence-electron chi connectivity index (χ3n) is 2.18. The second-order valence-corrected chi connectivity index (χ2v) is 3.42. The second-order valence-electron chi connectivity index (χ2n) is 3.42. The van der Waals surface area contributed by atoms with Crippen LogP contribution in [0.5, 0.6) is 0 Å². The Morgan fingerprint density at radius 3 is 2.69 bits per heavy atom. The van der Waals surface area contributed by atoms with Crippen molar-refractivity contribution in [2.24, 2.45) is 0 Å². The van der Waals surface area contributed by atoms with E-state index in [2.05, 4.69) is 4.98 Å². The fraction of sp³-hybridized carbons (Fsp3) is 0.545. The van der Waals surface area contributed by atoms with Crippen LogP contribution in [-0.4, -0.2) is 38.1 Å². The van der Waals surface area contributed by atoms with Crippen molar-refractivity contribution in [2.75, 3.05) is 27.1 Å². The van der Waals surface area contributed by atoms with Crippen LogP contribution in [0.4, 0.5) is 0 Å². The molecular weight excluding hydrogens is 210 g/mol. The van der Waals surface area contributed by atoms with Crippen LogP contribution in [0.15, 0.2) is 6.20 Å². The van der Waals surface area contributed by atoms with Gasteiger partial charge in [0.05, 0.1) is 18.8 Å². The van der Waals surface area contributed by atoms with E-state index in [0.29, 0.717) is 18.8 Å². The minimum Gasteiger partial charge on any atom is -0.435 e. The van der Waals surface area contributed by atoms with Gasteiger partial charge in [0.25, 0.3) is 0 Å². The number of H-pyrrole nitrogens is 1. The minimum absolute atomic E-state index is 0.0494. The van der Waals surface area contributed by atoms with Crippen LogP contribution in [0.3, 0.4) is 0 Å². The highest BCUT2D eigenvalue weighted by Gasteiger charge is 2.14. The van der Waals surface area contributed by atoms with Gasteiger partial charge in [0.1, 0.15) is 0 Å². The highest BCUT2D eigenvalue weighted by Crippen LogP contribution is 2.13. The molecular formula is C11H17NO4. The number of aryl methyl sites for hydroxylation is 2. The predicted molar refractivity (Wildman–Crippen MR) is 58.4 cm³/mol. The molecule has 0 bridgehead atoms. The Kier molecular flexibility index (Phi) is 5.01. The molecule has 5 heteroatoms. The first kappa shape index (κ1) is 12.7. The first-order chi connectivity index (χ1) is 7.66. The topological polar surface area (TPSA) is 60.6 Å². The maximum Gasteiger partial charge on any atom is 0.342 e. The number of hydrogen-bond acceptors (Lipinski definition) is 4. The summed E-state index contributed by atoms with van der Waals surface area (Å²) in [5, 5.41) is 0. The summed E-state index contributed by atoms with van der Waals surface area (Å²) in [4.78, 5) is 14.6. The molecule has 0 aliphatic carbocycles. The van der Waals surface area contributed by atoms with Gasteiger partial charge in [0, 0.05) is 19.0 Å². The monoisotopic (exact) mass is 227 g/mol. The number of carbonyl (C=O) groups is 1. The molecule has 0 radical (unpaired) electrons. The first-order valence-corrected chi connectivity index (χ1v) is 5.05. The number of aromatic nitrogens is 1. The van der Waals surface area contributed by atoms with E-state index in [4.69, 9.17) is 14.2 Å². The van der Waals surface area contributed by atoms with E-state index < -0.39 is 0 Å². The molecule has 0 spiro atoms. The molecule has 0 aliphatic rings. The maximum absolute atomic E-state index is 11.6. The molecule has 0 aromatic carbocycles. The van der Waals surface area contributed by atoms with E-state index in [1.165, 1.54) is 0 Å². The van der Waals surface area contributed by atoms with Crippen molar-refractivity contribution < 1.29 is 19.0 Å². The van der Waals surface area contributed by atoms with Crippen LogP contribution >= 0.6 is 0 Å². The van der Waals surface area contributed by atoms with Gasteiger partial charge in [-0.2, -0.15) is 0 Å². The summed E-state index contributed by atoms with van der Waals surface area (Å²) >= 11 is 0. The van der Waals surface area contributed by atoms with Crippen LogP contribution in [0, 0.1) is 13.8 Å². The zero-order valence-corrected chi connectivity index (χ0v) is 9.83. The van der Waals surface area contributed by atoms with E-state index in [9.17, 15) is 4.79 Å². The lowest BCUT2D eigenvalue weighted by Gasteiger charge is -2.06. The van der Waals surface area contributed by atoms with E-state index in [1.54, 1.807) is 13.3 Å².